The standard InChI is InChI=1S/C13H16ClN3/c1-8-4-5-11(6-12(8)14)7-15-13-9(2)16-17-10(13)3/h4-6,15H,7H2,1-3H3,(H,16,17). The average Bonchev–Trinajstić information content (AvgIpc) is 2.61. The molecule has 1 heterocycles. The normalized spacial score (nSPS) is 10.6. The third-order valence-electron chi connectivity index (χ3n) is 2.83. The van der Waals surface area contributed by atoms with E-state index in [9.17, 15) is 0 Å². The van der Waals surface area contributed by atoms with E-state index in [-0.39, 0.29) is 0 Å². The molecule has 0 saturated heterocycles. The van der Waals surface area contributed by atoms with Crippen molar-refractivity contribution in [2.45, 2.75) is 27.3 Å². The molecule has 2 aromatic rings. The molecule has 1 aromatic heterocycles. The molecule has 0 radical (unpaired) electrons. The summed E-state index contributed by atoms with van der Waals surface area (Å²) < 4.78 is 0. The molecule has 17 heavy (non-hydrogen) atoms. The maximum atomic E-state index is 6.09. The molecule has 1 aromatic carbocycles. The Morgan fingerprint density at radius 2 is 2.06 bits per heavy atom. The minimum atomic E-state index is 0.751. The average molecular weight is 250 g/mol. The topological polar surface area (TPSA) is 40.7 Å². The second kappa shape index (κ2) is 4.80. The van der Waals surface area contributed by atoms with Crippen molar-refractivity contribution in [3.05, 3.63) is 45.7 Å². The zero-order valence-electron chi connectivity index (χ0n) is 10.3. The first-order chi connectivity index (χ1) is 8.08. The van der Waals surface area contributed by atoms with Gasteiger partial charge < -0.3 is 5.32 Å². The van der Waals surface area contributed by atoms with Gasteiger partial charge in [0.15, 0.2) is 0 Å². The van der Waals surface area contributed by atoms with Crippen molar-refractivity contribution in [3.63, 3.8) is 0 Å². The van der Waals surface area contributed by atoms with Crippen molar-refractivity contribution in [1.82, 2.24) is 10.2 Å². The molecule has 0 bridgehead atoms. The van der Waals surface area contributed by atoms with Crippen molar-refractivity contribution < 1.29 is 0 Å². The molecular weight excluding hydrogens is 234 g/mol. The summed E-state index contributed by atoms with van der Waals surface area (Å²) >= 11 is 6.09. The number of rotatable bonds is 3. The Morgan fingerprint density at radius 3 is 2.65 bits per heavy atom. The van der Waals surface area contributed by atoms with Crippen LogP contribution >= 0.6 is 11.6 Å². The van der Waals surface area contributed by atoms with E-state index < -0.39 is 0 Å². The summed E-state index contributed by atoms with van der Waals surface area (Å²) in [5.74, 6) is 0. The largest absolute Gasteiger partial charge is 0.378 e. The number of hydrogen-bond donors (Lipinski definition) is 2. The van der Waals surface area contributed by atoms with Crippen molar-refractivity contribution in [2.24, 2.45) is 0 Å². The fourth-order valence-corrected chi connectivity index (χ4v) is 1.95. The number of aryl methyl sites for hydroxylation is 3. The van der Waals surface area contributed by atoms with Crippen LogP contribution in [0.2, 0.25) is 5.02 Å². The maximum Gasteiger partial charge on any atom is 0.0825 e. The summed E-state index contributed by atoms with van der Waals surface area (Å²) in [4.78, 5) is 0. The van der Waals surface area contributed by atoms with Gasteiger partial charge in [0.1, 0.15) is 0 Å². The van der Waals surface area contributed by atoms with Gasteiger partial charge in [-0.3, -0.25) is 5.10 Å². The second-order valence-corrected chi connectivity index (χ2v) is 4.65. The third kappa shape index (κ3) is 2.61. The highest BCUT2D eigenvalue weighted by Crippen LogP contribution is 2.20. The van der Waals surface area contributed by atoms with Crippen LogP contribution in [0.1, 0.15) is 22.5 Å². The quantitative estimate of drug-likeness (QED) is 0.873. The van der Waals surface area contributed by atoms with Gasteiger partial charge in [0.05, 0.1) is 17.1 Å². The van der Waals surface area contributed by atoms with E-state index in [1.165, 1.54) is 5.56 Å². The molecule has 0 atom stereocenters. The lowest BCUT2D eigenvalue weighted by Crippen LogP contribution is -2.01. The molecule has 0 fully saturated rings. The van der Waals surface area contributed by atoms with Gasteiger partial charge in [-0.05, 0) is 38.0 Å². The van der Waals surface area contributed by atoms with Crippen LogP contribution in [-0.2, 0) is 6.54 Å². The predicted molar refractivity (Wildman–Crippen MR) is 71.6 cm³/mol. The van der Waals surface area contributed by atoms with Crippen molar-refractivity contribution in [3.8, 4) is 0 Å². The lowest BCUT2D eigenvalue weighted by Gasteiger charge is -2.07. The Bertz CT molecular complexity index is 512. The third-order valence-corrected chi connectivity index (χ3v) is 3.24. The Balaban J connectivity index is 2.10. The van der Waals surface area contributed by atoms with Crippen LogP contribution in [0.4, 0.5) is 5.69 Å². The fraction of sp³-hybridized carbons (Fsp3) is 0.308. The molecule has 0 aliphatic heterocycles. The van der Waals surface area contributed by atoms with Crippen LogP contribution in [0.5, 0.6) is 0 Å². The number of halogens is 1. The number of aromatic nitrogens is 2. The Labute approximate surface area is 106 Å². The van der Waals surface area contributed by atoms with Crippen LogP contribution < -0.4 is 5.32 Å². The van der Waals surface area contributed by atoms with Gasteiger partial charge in [0.25, 0.3) is 0 Å². The molecule has 2 N–H and O–H groups in total. The molecule has 0 saturated carbocycles. The van der Waals surface area contributed by atoms with E-state index in [4.69, 9.17) is 11.6 Å². The van der Waals surface area contributed by atoms with Crippen LogP contribution in [0.15, 0.2) is 18.2 Å². The second-order valence-electron chi connectivity index (χ2n) is 4.25. The van der Waals surface area contributed by atoms with Gasteiger partial charge in [-0.25, -0.2) is 0 Å². The van der Waals surface area contributed by atoms with Crippen molar-refractivity contribution >= 4 is 17.3 Å². The molecule has 0 aliphatic carbocycles. The highest BCUT2D eigenvalue weighted by Gasteiger charge is 2.05. The van der Waals surface area contributed by atoms with Gasteiger partial charge in [-0.2, -0.15) is 5.10 Å². The number of hydrogen-bond acceptors (Lipinski definition) is 2. The highest BCUT2D eigenvalue weighted by atomic mass is 35.5. The number of nitrogens with zero attached hydrogens (tertiary/aromatic N) is 1. The molecular formula is C13H16ClN3. The van der Waals surface area contributed by atoms with E-state index in [1.807, 2.05) is 32.9 Å². The molecule has 90 valence electrons. The lowest BCUT2D eigenvalue weighted by atomic mass is 10.1. The summed E-state index contributed by atoms with van der Waals surface area (Å²) in [5, 5.41) is 11.3. The number of H-pyrrole nitrogens is 1. The lowest BCUT2D eigenvalue weighted by molar-refractivity contribution is 1.02. The van der Waals surface area contributed by atoms with Crippen molar-refractivity contribution in [2.75, 3.05) is 5.32 Å². The molecule has 3 nitrogen and oxygen atoms in total. The zero-order chi connectivity index (χ0) is 12.4. The van der Waals surface area contributed by atoms with E-state index in [0.29, 0.717) is 0 Å². The minimum Gasteiger partial charge on any atom is -0.378 e. The van der Waals surface area contributed by atoms with Gasteiger partial charge in [0.2, 0.25) is 0 Å². The molecule has 0 amide bonds. The first-order valence-electron chi connectivity index (χ1n) is 5.58. The van der Waals surface area contributed by atoms with Gasteiger partial charge in [-0.15, -0.1) is 0 Å². The monoisotopic (exact) mass is 249 g/mol. The maximum absolute atomic E-state index is 6.09. The number of nitrogens with one attached hydrogen (secondary N) is 2. The summed E-state index contributed by atoms with van der Waals surface area (Å²) in [6, 6.07) is 6.11. The predicted octanol–water partition coefficient (Wildman–Crippen LogP) is 3.60. The van der Waals surface area contributed by atoms with Crippen LogP contribution in [0.3, 0.4) is 0 Å². The highest BCUT2D eigenvalue weighted by molar-refractivity contribution is 6.31. The molecule has 4 heteroatoms. The first kappa shape index (κ1) is 12.0. The van der Waals surface area contributed by atoms with Crippen molar-refractivity contribution in [1.29, 1.82) is 0 Å². The van der Waals surface area contributed by atoms with E-state index in [0.717, 1.165) is 34.2 Å². The fourth-order valence-electron chi connectivity index (χ4n) is 1.75. The summed E-state index contributed by atoms with van der Waals surface area (Å²) in [6.45, 7) is 6.74. The zero-order valence-corrected chi connectivity index (χ0v) is 11.0. The number of anilines is 1. The van der Waals surface area contributed by atoms with Gasteiger partial charge in [-0.1, -0.05) is 23.7 Å². The Morgan fingerprint density at radius 1 is 1.29 bits per heavy atom. The summed E-state index contributed by atoms with van der Waals surface area (Å²) in [6.07, 6.45) is 0. The van der Waals surface area contributed by atoms with Crippen LogP contribution in [-0.4, -0.2) is 10.2 Å². The molecule has 2 rings (SSSR count). The minimum absolute atomic E-state index is 0.751. The van der Waals surface area contributed by atoms with Crippen LogP contribution in [0, 0.1) is 20.8 Å². The molecule has 0 spiro atoms. The van der Waals surface area contributed by atoms with Crippen LogP contribution in [0.25, 0.3) is 0 Å². The molecule has 0 aliphatic rings. The smallest absolute Gasteiger partial charge is 0.0825 e. The summed E-state index contributed by atoms with van der Waals surface area (Å²) in [7, 11) is 0. The molecule has 0 unspecified atom stereocenters. The number of benzene rings is 1. The SMILES string of the molecule is Cc1ccc(CNc2c(C)n[nH]c2C)cc1Cl. The Kier molecular flexibility index (Phi) is 3.38. The summed E-state index contributed by atoms with van der Waals surface area (Å²) in [5.41, 5.74) is 5.38. The van der Waals surface area contributed by atoms with E-state index >= 15 is 0 Å². The van der Waals surface area contributed by atoms with E-state index in [1.54, 1.807) is 0 Å². The van der Waals surface area contributed by atoms with Gasteiger partial charge >= 0.3 is 0 Å². The number of aromatic amines is 1. The first-order valence-corrected chi connectivity index (χ1v) is 5.96. The Hall–Kier alpha value is -1.48. The van der Waals surface area contributed by atoms with Gasteiger partial charge in [0, 0.05) is 11.6 Å². The van der Waals surface area contributed by atoms with E-state index in [2.05, 4.69) is 21.6 Å².